The van der Waals surface area contributed by atoms with E-state index in [9.17, 15) is 0 Å². The van der Waals surface area contributed by atoms with E-state index >= 15 is 0 Å². The van der Waals surface area contributed by atoms with Gasteiger partial charge in [-0.25, -0.2) is 0 Å². The molecule has 0 amide bonds. The van der Waals surface area contributed by atoms with Crippen LogP contribution in [0.25, 0.3) is 0 Å². The second-order valence-corrected chi connectivity index (χ2v) is 7.00. The first kappa shape index (κ1) is 16.2. The van der Waals surface area contributed by atoms with Crippen LogP contribution in [-0.4, -0.2) is 12.2 Å². The summed E-state index contributed by atoms with van der Waals surface area (Å²) in [5, 5.41) is 0. The number of rotatable bonds is 4. The number of ether oxygens (including phenoxy) is 2. The molecule has 2 aromatic rings. The van der Waals surface area contributed by atoms with Crippen molar-refractivity contribution in [3.05, 3.63) is 71.8 Å². The first-order valence-electron chi connectivity index (χ1n) is 8.51. The summed E-state index contributed by atoms with van der Waals surface area (Å²) in [6.45, 7) is 8.82. The van der Waals surface area contributed by atoms with Crippen LogP contribution in [0, 0.1) is 11.8 Å². The van der Waals surface area contributed by atoms with Gasteiger partial charge in [0.1, 0.15) is 0 Å². The first-order chi connectivity index (χ1) is 11.0. The fraction of sp³-hybridized carbons (Fsp3) is 0.429. The van der Waals surface area contributed by atoms with E-state index in [1.165, 1.54) is 0 Å². The number of benzene rings is 2. The molecular weight excluding hydrogens is 284 g/mol. The largest absolute Gasteiger partial charge is 0.336 e. The Balaban J connectivity index is 2.11. The Morgan fingerprint density at radius 2 is 1.00 bits per heavy atom. The zero-order chi connectivity index (χ0) is 16.4. The van der Waals surface area contributed by atoms with Crippen molar-refractivity contribution in [2.24, 2.45) is 11.8 Å². The average molecular weight is 310 g/mol. The fourth-order valence-corrected chi connectivity index (χ4v) is 3.33. The molecule has 0 radical (unpaired) electrons. The molecule has 0 aromatic heterocycles. The summed E-state index contributed by atoms with van der Waals surface area (Å²) in [6, 6.07) is 20.6. The number of hydrogen-bond acceptors (Lipinski definition) is 2. The molecule has 1 saturated heterocycles. The van der Waals surface area contributed by atoms with E-state index in [1.54, 1.807) is 0 Å². The Morgan fingerprint density at radius 1 is 0.652 bits per heavy atom. The van der Waals surface area contributed by atoms with Gasteiger partial charge in [-0.3, -0.25) is 0 Å². The van der Waals surface area contributed by atoms with Crippen molar-refractivity contribution in [3.8, 4) is 0 Å². The minimum absolute atomic E-state index is 0.0791. The SMILES string of the molecule is CC(C)C1OC(c2ccccc2)(c2ccccc2)OC1C(C)C. The third-order valence-corrected chi connectivity index (χ3v) is 4.55. The van der Waals surface area contributed by atoms with Crippen molar-refractivity contribution < 1.29 is 9.47 Å². The van der Waals surface area contributed by atoms with Crippen molar-refractivity contribution in [2.45, 2.75) is 45.7 Å². The lowest BCUT2D eigenvalue weighted by Gasteiger charge is -2.30. The Morgan fingerprint density at radius 3 is 1.30 bits per heavy atom. The van der Waals surface area contributed by atoms with Crippen LogP contribution in [0.15, 0.2) is 60.7 Å². The second-order valence-electron chi connectivity index (χ2n) is 7.00. The number of hydrogen-bond donors (Lipinski definition) is 0. The lowest BCUT2D eigenvalue weighted by atomic mass is 9.94. The second kappa shape index (κ2) is 6.46. The van der Waals surface area contributed by atoms with E-state index in [-0.39, 0.29) is 12.2 Å². The van der Waals surface area contributed by atoms with Crippen LogP contribution < -0.4 is 0 Å². The predicted octanol–water partition coefficient (Wildman–Crippen LogP) is 4.98. The van der Waals surface area contributed by atoms with Crippen molar-refractivity contribution in [2.75, 3.05) is 0 Å². The van der Waals surface area contributed by atoms with Gasteiger partial charge in [-0.15, -0.1) is 0 Å². The molecule has 3 rings (SSSR count). The van der Waals surface area contributed by atoms with Crippen molar-refractivity contribution in [1.29, 1.82) is 0 Å². The summed E-state index contributed by atoms with van der Waals surface area (Å²) in [7, 11) is 0. The molecule has 2 aromatic carbocycles. The molecule has 2 heteroatoms. The molecule has 0 N–H and O–H groups in total. The predicted molar refractivity (Wildman–Crippen MR) is 93.1 cm³/mol. The highest BCUT2D eigenvalue weighted by Crippen LogP contribution is 2.46. The minimum atomic E-state index is -0.813. The van der Waals surface area contributed by atoms with Crippen LogP contribution in [0.4, 0.5) is 0 Å². The summed E-state index contributed by atoms with van der Waals surface area (Å²) in [5.74, 6) is -0.0137. The van der Waals surface area contributed by atoms with E-state index < -0.39 is 5.79 Å². The van der Waals surface area contributed by atoms with Crippen LogP contribution in [0.5, 0.6) is 0 Å². The highest BCUT2D eigenvalue weighted by Gasteiger charge is 2.51. The molecule has 2 nitrogen and oxygen atoms in total. The standard InChI is InChI=1S/C21H26O2/c1-15(2)19-20(16(3)4)23-21(22-19,17-11-7-5-8-12-17)18-13-9-6-10-14-18/h5-16,19-20H,1-4H3. The highest BCUT2D eigenvalue weighted by atomic mass is 16.8. The summed E-state index contributed by atoms with van der Waals surface area (Å²) >= 11 is 0. The van der Waals surface area contributed by atoms with Crippen LogP contribution in [-0.2, 0) is 15.3 Å². The maximum Gasteiger partial charge on any atom is 0.223 e. The van der Waals surface area contributed by atoms with Crippen LogP contribution >= 0.6 is 0 Å². The summed E-state index contributed by atoms with van der Waals surface area (Å²) in [6.07, 6.45) is 0.158. The Hall–Kier alpha value is -1.64. The lowest BCUT2D eigenvalue weighted by molar-refractivity contribution is -0.156. The summed E-state index contributed by atoms with van der Waals surface area (Å²) in [5.41, 5.74) is 2.11. The molecule has 2 unspecified atom stereocenters. The van der Waals surface area contributed by atoms with E-state index in [0.29, 0.717) is 11.8 Å². The van der Waals surface area contributed by atoms with Crippen LogP contribution in [0.3, 0.4) is 0 Å². The molecule has 1 heterocycles. The molecule has 0 aliphatic carbocycles. The van der Waals surface area contributed by atoms with Gasteiger partial charge in [0, 0.05) is 11.1 Å². The van der Waals surface area contributed by atoms with Gasteiger partial charge in [0.2, 0.25) is 5.79 Å². The van der Waals surface area contributed by atoms with Gasteiger partial charge in [-0.1, -0.05) is 88.4 Å². The molecule has 23 heavy (non-hydrogen) atoms. The van der Waals surface area contributed by atoms with Gasteiger partial charge in [-0.05, 0) is 11.8 Å². The molecule has 1 fully saturated rings. The Bertz CT molecular complexity index is 561. The normalized spacial score (nSPS) is 23.6. The zero-order valence-electron chi connectivity index (χ0n) is 14.4. The molecule has 2 atom stereocenters. The van der Waals surface area contributed by atoms with Gasteiger partial charge >= 0.3 is 0 Å². The van der Waals surface area contributed by atoms with Gasteiger partial charge < -0.3 is 9.47 Å². The molecule has 122 valence electrons. The zero-order valence-corrected chi connectivity index (χ0v) is 14.4. The smallest absolute Gasteiger partial charge is 0.223 e. The lowest BCUT2D eigenvalue weighted by Crippen LogP contribution is -2.31. The third-order valence-electron chi connectivity index (χ3n) is 4.55. The highest BCUT2D eigenvalue weighted by molar-refractivity contribution is 5.35. The fourth-order valence-electron chi connectivity index (χ4n) is 3.33. The Labute approximate surface area is 139 Å². The van der Waals surface area contributed by atoms with Gasteiger partial charge in [0.25, 0.3) is 0 Å². The molecule has 0 bridgehead atoms. The van der Waals surface area contributed by atoms with Crippen molar-refractivity contribution in [1.82, 2.24) is 0 Å². The van der Waals surface area contributed by atoms with Crippen molar-refractivity contribution in [3.63, 3.8) is 0 Å². The van der Waals surface area contributed by atoms with Gasteiger partial charge in [0.05, 0.1) is 12.2 Å². The third kappa shape index (κ3) is 2.93. The minimum Gasteiger partial charge on any atom is -0.336 e. The Kier molecular flexibility index (Phi) is 4.56. The molecule has 1 aliphatic rings. The van der Waals surface area contributed by atoms with Crippen LogP contribution in [0.2, 0.25) is 0 Å². The van der Waals surface area contributed by atoms with Crippen LogP contribution in [0.1, 0.15) is 38.8 Å². The van der Waals surface area contributed by atoms with Gasteiger partial charge in [0.15, 0.2) is 0 Å². The van der Waals surface area contributed by atoms with E-state index in [4.69, 9.17) is 9.47 Å². The topological polar surface area (TPSA) is 18.5 Å². The van der Waals surface area contributed by atoms with Crippen molar-refractivity contribution >= 4 is 0 Å². The van der Waals surface area contributed by atoms with E-state index in [1.807, 2.05) is 36.4 Å². The van der Waals surface area contributed by atoms with Gasteiger partial charge in [-0.2, -0.15) is 0 Å². The quantitative estimate of drug-likeness (QED) is 0.792. The molecular formula is C21H26O2. The molecule has 0 saturated carbocycles. The maximum absolute atomic E-state index is 6.63. The van der Waals surface area contributed by atoms with E-state index in [2.05, 4.69) is 52.0 Å². The molecule has 0 spiro atoms. The molecule has 1 aliphatic heterocycles. The monoisotopic (exact) mass is 310 g/mol. The first-order valence-corrected chi connectivity index (χ1v) is 8.51. The average Bonchev–Trinajstić information content (AvgIpc) is 2.99. The summed E-state index contributed by atoms with van der Waals surface area (Å²) < 4.78 is 13.3. The maximum atomic E-state index is 6.63. The summed E-state index contributed by atoms with van der Waals surface area (Å²) in [4.78, 5) is 0. The van der Waals surface area contributed by atoms with E-state index in [0.717, 1.165) is 11.1 Å².